The lowest BCUT2D eigenvalue weighted by Gasteiger charge is -2.17. The zero-order chi connectivity index (χ0) is 40.3. The highest BCUT2D eigenvalue weighted by Crippen LogP contribution is 2.44. The van der Waals surface area contributed by atoms with Gasteiger partial charge in [-0.1, -0.05) is 188 Å². The van der Waals surface area contributed by atoms with Crippen LogP contribution in [0.5, 0.6) is 0 Å². The summed E-state index contributed by atoms with van der Waals surface area (Å²) in [6.07, 6.45) is 0. The fraction of sp³-hybridized carbons (Fsp3) is 0. The number of furan rings is 1. The normalized spacial score (nSPS) is 11.6. The lowest BCUT2D eigenvalue weighted by atomic mass is 9.87. The number of nitrogens with zero attached hydrogens (tertiary/aromatic N) is 3. The molecule has 2 heterocycles. The van der Waals surface area contributed by atoms with E-state index in [4.69, 9.17) is 19.4 Å². The fourth-order valence-electron chi connectivity index (χ4n) is 9.11. The average Bonchev–Trinajstić information content (AvgIpc) is 3.78. The second-order valence-corrected chi connectivity index (χ2v) is 15.5. The van der Waals surface area contributed by atoms with Crippen LogP contribution in [-0.2, 0) is 0 Å². The molecular weight excluding hydrogens is 743 g/mol. The maximum Gasteiger partial charge on any atom is 0.164 e. The lowest BCUT2D eigenvalue weighted by Crippen LogP contribution is -2.02. The van der Waals surface area contributed by atoms with Crippen molar-refractivity contribution in [1.29, 1.82) is 0 Å². The Morgan fingerprint density at radius 1 is 0.279 bits per heavy atom. The second-order valence-electron chi connectivity index (χ2n) is 15.5. The zero-order valence-electron chi connectivity index (χ0n) is 33.0. The van der Waals surface area contributed by atoms with E-state index in [-0.39, 0.29) is 0 Å². The summed E-state index contributed by atoms with van der Waals surface area (Å²) in [6.45, 7) is 0. The van der Waals surface area contributed by atoms with Crippen molar-refractivity contribution in [3.8, 4) is 67.7 Å². The minimum atomic E-state index is 0.569. The van der Waals surface area contributed by atoms with Crippen molar-refractivity contribution >= 4 is 54.1 Å². The summed E-state index contributed by atoms with van der Waals surface area (Å²) < 4.78 is 6.45. The van der Waals surface area contributed by atoms with E-state index in [1.807, 2.05) is 36.4 Å². The Hall–Kier alpha value is -8.21. The van der Waals surface area contributed by atoms with Gasteiger partial charge in [-0.2, -0.15) is 0 Å². The minimum absolute atomic E-state index is 0.569. The van der Waals surface area contributed by atoms with Gasteiger partial charge in [-0.05, 0) is 89.6 Å². The van der Waals surface area contributed by atoms with E-state index in [9.17, 15) is 0 Å². The van der Waals surface area contributed by atoms with E-state index in [2.05, 4.69) is 176 Å². The number of fused-ring (bicyclic) bond motifs is 6. The highest BCUT2D eigenvalue weighted by molar-refractivity contribution is 6.23. The lowest BCUT2D eigenvalue weighted by molar-refractivity contribution is 0.631. The van der Waals surface area contributed by atoms with Gasteiger partial charge in [0.05, 0.1) is 0 Å². The summed E-state index contributed by atoms with van der Waals surface area (Å²) in [7, 11) is 0. The van der Waals surface area contributed by atoms with Crippen LogP contribution in [0.2, 0.25) is 0 Å². The van der Waals surface area contributed by atoms with Crippen molar-refractivity contribution in [2.45, 2.75) is 0 Å². The smallest absolute Gasteiger partial charge is 0.164 e. The van der Waals surface area contributed by atoms with Crippen molar-refractivity contribution in [2.24, 2.45) is 0 Å². The maximum atomic E-state index is 6.45. The Bertz CT molecular complexity index is 3630. The van der Waals surface area contributed by atoms with Crippen molar-refractivity contribution in [3.63, 3.8) is 0 Å². The van der Waals surface area contributed by atoms with E-state index < -0.39 is 0 Å². The number of hydrogen-bond acceptors (Lipinski definition) is 4. The molecule has 0 aliphatic heterocycles. The van der Waals surface area contributed by atoms with Crippen molar-refractivity contribution in [3.05, 3.63) is 212 Å². The monoisotopic (exact) mass is 777 g/mol. The standard InChI is InChI=1S/C57H35N3O/c1-2-16-36(17-3-1)40-21-9-13-27-48(40)55-58-56(49-28-14-12-26-45(49)53-35-39-20-6-15-29-52(39)61-53)60-57(59-55)50-33-32-46(43-24-10-11-25-44(43)50)54-42-23-8-5-19-38(42)34-51-41-22-7-4-18-37(41)30-31-47(51)54/h1-35H. The summed E-state index contributed by atoms with van der Waals surface area (Å²) in [5.41, 5.74) is 8.98. The molecule has 0 spiro atoms. The Balaban J connectivity index is 1.12. The quantitative estimate of drug-likeness (QED) is 0.125. The molecule has 2 aromatic heterocycles. The first-order valence-corrected chi connectivity index (χ1v) is 20.6. The Morgan fingerprint density at radius 2 is 0.803 bits per heavy atom. The molecule has 0 fully saturated rings. The highest BCUT2D eigenvalue weighted by Gasteiger charge is 2.22. The van der Waals surface area contributed by atoms with Gasteiger partial charge in [0.25, 0.3) is 0 Å². The van der Waals surface area contributed by atoms with Gasteiger partial charge in [0, 0.05) is 27.6 Å². The van der Waals surface area contributed by atoms with Crippen LogP contribution < -0.4 is 0 Å². The molecule has 12 rings (SSSR count). The summed E-state index contributed by atoms with van der Waals surface area (Å²) in [5.74, 6) is 2.52. The van der Waals surface area contributed by atoms with Crippen LogP contribution in [0.15, 0.2) is 217 Å². The summed E-state index contributed by atoms with van der Waals surface area (Å²) >= 11 is 0. The highest BCUT2D eigenvalue weighted by atomic mass is 16.3. The Labute approximate surface area is 352 Å². The Kier molecular flexibility index (Phi) is 8.13. The minimum Gasteiger partial charge on any atom is -0.456 e. The van der Waals surface area contributed by atoms with Crippen LogP contribution in [0, 0.1) is 0 Å². The fourth-order valence-corrected chi connectivity index (χ4v) is 9.11. The molecular formula is C57H35N3O. The number of hydrogen-bond donors (Lipinski definition) is 0. The molecule has 0 radical (unpaired) electrons. The van der Waals surface area contributed by atoms with E-state index in [0.29, 0.717) is 17.5 Å². The average molecular weight is 778 g/mol. The number of para-hydroxylation sites is 1. The van der Waals surface area contributed by atoms with Crippen molar-refractivity contribution in [1.82, 2.24) is 15.0 Å². The van der Waals surface area contributed by atoms with Crippen LogP contribution in [0.1, 0.15) is 0 Å². The van der Waals surface area contributed by atoms with Gasteiger partial charge in [-0.3, -0.25) is 0 Å². The third kappa shape index (κ3) is 5.88. The summed E-state index contributed by atoms with van der Waals surface area (Å²) in [6, 6.07) is 74.6. The van der Waals surface area contributed by atoms with Crippen molar-refractivity contribution < 1.29 is 4.42 Å². The first kappa shape index (κ1) is 34.8. The van der Waals surface area contributed by atoms with Gasteiger partial charge in [-0.25, -0.2) is 15.0 Å². The van der Waals surface area contributed by atoms with Crippen LogP contribution in [0.4, 0.5) is 0 Å². The van der Waals surface area contributed by atoms with Crippen LogP contribution in [-0.4, -0.2) is 15.0 Å². The van der Waals surface area contributed by atoms with Gasteiger partial charge < -0.3 is 4.42 Å². The molecule has 4 heteroatoms. The SMILES string of the molecule is c1ccc(-c2ccccc2-c2nc(-c3ccccc3-c3cc4ccccc4o3)nc(-c3ccc(-c4c5ccccc5cc5c4ccc4ccccc45)c4ccccc34)n2)cc1. The van der Waals surface area contributed by atoms with E-state index in [0.717, 1.165) is 66.4 Å². The molecule has 0 amide bonds. The number of benzene rings is 10. The third-order valence-corrected chi connectivity index (χ3v) is 12.0. The summed E-state index contributed by atoms with van der Waals surface area (Å²) in [4.78, 5) is 16.0. The van der Waals surface area contributed by atoms with E-state index >= 15 is 0 Å². The third-order valence-electron chi connectivity index (χ3n) is 12.0. The number of aromatic nitrogens is 3. The molecule has 0 saturated carbocycles. The van der Waals surface area contributed by atoms with E-state index in [1.54, 1.807) is 0 Å². The van der Waals surface area contributed by atoms with Crippen LogP contribution >= 0.6 is 0 Å². The maximum absolute atomic E-state index is 6.45. The van der Waals surface area contributed by atoms with Crippen molar-refractivity contribution in [2.75, 3.05) is 0 Å². The van der Waals surface area contributed by atoms with E-state index in [1.165, 1.54) is 37.9 Å². The number of rotatable bonds is 6. The van der Waals surface area contributed by atoms with Gasteiger partial charge in [0.2, 0.25) is 0 Å². The predicted molar refractivity (Wildman–Crippen MR) is 252 cm³/mol. The summed E-state index contributed by atoms with van der Waals surface area (Å²) in [5, 5.41) is 10.6. The molecule has 12 aromatic rings. The molecule has 0 bridgehead atoms. The van der Waals surface area contributed by atoms with Gasteiger partial charge in [-0.15, -0.1) is 0 Å². The zero-order valence-corrected chi connectivity index (χ0v) is 33.0. The molecule has 4 nitrogen and oxygen atoms in total. The predicted octanol–water partition coefficient (Wildman–Crippen LogP) is 15.2. The topological polar surface area (TPSA) is 51.8 Å². The molecule has 0 aliphatic carbocycles. The molecule has 10 aromatic carbocycles. The molecule has 0 N–H and O–H groups in total. The van der Waals surface area contributed by atoms with Crippen LogP contribution in [0.25, 0.3) is 122 Å². The van der Waals surface area contributed by atoms with Crippen LogP contribution in [0.3, 0.4) is 0 Å². The first-order chi connectivity index (χ1) is 30.2. The molecule has 0 saturated heterocycles. The molecule has 0 atom stereocenters. The molecule has 0 aliphatic rings. The van der Waals surface area contributed by atoms with Gasteiger partial charge in [0.1, 0.15) is 11.3 Å². The first-order valence-electron chi connectivity index (χ1n) is 20.6. The molecule has 284 valence electrons. The molecule has 61 heavy (non-hydrogen) atoms. The van der Waals surface area contributed by atoms with Gasteiger partial charge >= 0.3 is 0 Å². The van der Waals surface area contributed by atoms with Gasteiger partial charge in [0.15, 0.2) is 17.5 Å². The molecule has 0 unspecified atom stereocenters. The second kappa shape index (κ2) is 14.3. The Morgan fingerprint density at radius 3 is 1.54 bits per heavy atom. The largest absolute Gasteiger partial charge is 0.456 e.